The predicted octanol–water partition coefficient (Wildman–Crippen LogP) is 4.12. The molecule has 6 heteroatoms. The fourth-order valence-corrected chi connectivity index (χ4v) is 2.36. The minimum atomic E-state index is -0.267. The molecular weight excluding hydrogens is 328 g/mol. The van der Waals surface area contributed by atoms with Crippen molar-refractivity contribution < 1.29 is 9.21 Å². The van der Waals surface area contributed by atoms with Gasteiger partial charge in [-0.05, 0) is 37.3 Å². The third-order valence-electron chi connectivity index (χ3n) is 3.76. The lowest BCUT2D eigenvalue weighted by atomic mass is 9.92. The number of aromatic nitrogens is 3. The Morgan fingerprint density at radius 3 is 2.65 bits per heavy atom. The molecule has 0 bridgehead atoms. The normalized spacial score (nSPS) is 11.8. The van der Waals surface area contributed by atoms with Crippen LogP contribution in [0.4, 0.5) is 5.82 Å². The molecule has 3 aromatic heterocycles. The monoisotopic (exact) mass is 350 g/mol. The molecule has 0 aliphatic heterocycles. The van der Waals surface area contributed by atoms with Gasteiger partial charge >= 0.3 is 0 Å². The number of aryl methyl sites for hydroxylation is 1. The zero-order valence-corrected chi connectivity index (χ0v) is 15.4. The second-order valence-electron chi connectivity index (χ2n) is 7.04. The number of anilines is 1. The first-order valence-corrected chi connectivity index (χ1v) is 8.40. The van der Waals surface area contributed by atoms with Crippen molar-refractivity contribution in [2.24, 2.45) is 0 Å². The van der Waals surface area contributed by atoms with E-state index in [0.29, 0.717) is 17.4 Å². The van der Waals surface area contributed by atoms with Crippen molar-refractivity contribution in [1.82, 2.24) is 14.8 Å². The van der Waals surface area contributed by atoms with Gasteiger partial charge < -0.3 is 9.73 Å². The van der Waals surface area contributed by atoms with E-state index in [1.54, 1.807) is 17.0 Å². The van der Waals surface area contributed by atoms with Crippen LogP contribution >= 0.6 is 0 Å². The summed E-state index contributed by atoms with van der Waals surface area (Å²) < 4.78 is 7.07. The van der Waals surface area contributed by atoms with Gasteiger partial charge in [0.1, 0.15) is 17.3 Å². The van der Waals surface area contributed by atoms with E-state index in [1.807, 2.05) is 43.3 Å². The van der Waals surface area contributed by atoms with Crippen LogP contribution in [0.1, 0.15) is 38.0 Å². The Morgan fingerprint density at radius 2 is 2.04 bits per heavy atom. The van der Waals surface area contributed by atoms with Crippen molar-refractivity contribution in [2.45, 2.75) is 33.1 Å². The molecule has 0 aromatic carbocycles. The number of carbonyl (C=O) groups excluding carboxylic acids is 1. The SMILES string of the molecule is Cc1ccc(/C=C/C(=O)Nc2cc(C(C)(C)C)nn2-c2ccccn2)o1. The molecule has 0 atom stereocenters. The van der Waals surface area contributed by atoms with Gasteiger partial charge in [0.25, 0.3) is 0 Å². The number of carbonyl (C=O) groups is 1. The first-order valence-electron chi connectivity index (χ1n) is 8.40. The highest BCUT2D eigenvalue weighted by Crippen LogP contribution is 2.25. The lowest BCUT2D eigenvalue weighted by Crippen LogP contribution is -2.13. The second kappa shape index (κ2) is 7.00. The van der Waals surface area contributed by atoms with Crippen molar-refractivity contribution in [1.29, 1.82) is 0 Å². The Balaban J connectivity index is 1.87. The van der Waals surface area contributed by atoms with Gasteiger partial charge in [0.15, 0.2) is 5.82 Å². The van der Waals surface area contributed by atoms with E-state index < -0.39 is 0 Å². The summed E-state index contributed by atoms with van der Waals surface area (Å²) >= 11 is 0. The topological polar surface area (TPSA) is 73.0 Å². The average Bonchev–Trinajstić information content (AvgIpc) is 3.20. The summed E-state index contributed by atoms with van der Waals surface area (Å²) in [7, 11) is 0. The van der Waals surface area contributed by atoms with Gasteiger partial charge in [-0.1, -0.05) is 26.8 Å². The number of hydrogen-bond donors (Lipinski definition) is 1. The predicted molar refractivity (Wildman–Crippen MR) is 101 cm³/mol. The molecule has 6 nitrogen and oxygen atoms in total. The molecular formula is C20H22N4O2. The highest BCUT2D eigenvalue weighted by atomic mass is 16.3. The van der Waals surface area contributed by atoms with Crippen molar-refractivity contribution >= 4 is 17.8 Å². The van der Waals surface area contributed by atoms with E-state index in [-0.39, 0.29) is 11.3 Å². The summed E-state index contributed by atoms with van der Waals surface area (Å²) in [5, 5.41) is 7.49. The smallest absolute Gasteiger partial charge is 0.249 e. The van der Waals surface area contributed by atoms with E-state index in [2.05, 4.69) is 36.2 Å². The summed E-state index contributed by atoms with van der Waals surface area (Å²) in [6.45, 7) is 8.07. The van der Waals surface area contributed by atoms with Gasteiger partial charge in [0, 0.05) is 23.8 Å². The maximum atomic E-state index is 12.3. The van der Waals surface area contributed by atoms with Crippen LogP contribution in [-0.2, 0) is 10.2 Å². The molecule has 3 heterocycles. The van der Waals surface area contributed by atoms with Crippen LogP contribution in [0.3, 0.4) is 0 Å². The molecule has 134 valence electrons. The molecule has 0 spiro atoms. The van der Waals surface area contributed by atoms with Crippen LogP contribution in [0.25, 0.3) is 11.9 Å². The van der Waals surface area contributed by atoms with Crippen LogP contribution in [0.5, 0.6) is 0 Å². The maximum absolute atomic E-state index is 12.3. The van der Waals surface area contributed by atoms with Gasteiger partial charge in [0.2, 0.25) is 5.91 Å². The van der Waals surface area contributed by atoms with Gasteiger partial charge in [-0.3, -0.25) is 4.79 Å². The molecule has 26 heavy (non-hydrogen) atoms. The lowest BCUT2D eigenvalue weighted by Gasteiger charge is -2.13. The molecule has 0 aliphatic rings. The minimum Gasteiger partial charge on any atom is -0.462 e. The third kappa shape index (κ3) is 4.08. The second-order valence-corrected chi connectivity index (χ2v) is 7.04. The van der Waals surface area contributed by atoms with Crippen molar-refractivity contribution in [3.05, 3.63) is 65.9 Å². The fraction of sp³-hybridized carbons (Fsp3) is 0.250. The Labute approximate surface area is 152 Å². The zero-order valence-electron chi connectivity index (χ0n) is 15.4. The zero-order chi connectivity index (χ0) is 18.7. The quantitative estimate of drug-likeness (QED) is 0.719. The van der Waals surface area contributed by atoms with Crippen LogP contribution in [0, 0.1) is 6.92 Å². The molecule has 0 saturated carbocycles. The minimum absolute atomic E-state index is 0.152. The van der Waals surface area contributed by atoms with Crippen molar-refractivity contribution in [2.75, 3.05) is 5.32 Å². The first kappa shape index (κ1) is 17.7. The number of nitrogens with zero attached hydrogens (tertiary/aromatic N) is 3. The fourth-order valence-electron chi connectivity index (χ4n) is 2.36. The lowest BCUT2D eigenvalue weighted by molar-refractivity contribution is -0.111. The number of hydrogen-bond acceptors (Lipinski definition) is 4. The first-order chi connectivity index (χ1) is 12.3. The Bertz CT molecular complexity index is 930. The van der Waals surface area contributed by atoms with E-state index in [4.69, 9.17) is 4.42 Å². The van der Waals surface area contributed by atoms with Crippen LogP contribution in [0.15, 0.2) is 53.1 Å². The third-order valence-corrected chi connectivity index (χ3v) is 3.76. The van der Waals surface area contributed by atoms with Gasteiger partial charge in [-0.2, -0.15) is 9.78 Å². The molecule has 0 saturated heterocycles. The van der Waals surface area contributed by atoms with Crippen LogP contribution in [0.2, 0.25) is 0 Å². The summed E-state index contributed by atoms with van der Waals surface area (Å²) in [5.41, 5.74) is 0.713. The Morgan fingerprint density at radius 1 is 1.23 bits per heavy atom. The number of pyridine rings is 1. The highest BCUT2D eigenvalue weighted by Gasteiger charge is 2.21. The summed E-state index contributed by atoms with van der Waals surface area (Å²) in [4.78, 5) is 16.7. The summed E-state index contributed by atoms with van der Waals surface area (Å²) in [6, 6.07) is 11.1. The van der Waals surface area contributed by atoms with Gasteiger partial charge in [0.05, 0.1) is 5.69 Å². The van der Waals surface area contributed by atoms with Crippen molar-refractivity contribution in [3.63, 3.8) is 0 Å². The summed E-state index contributed by atoms with van der Waals surface area (Å²) in [6.07, 6.45) is 4.76. The molecule has 3 aromatic rings. The largest absolute Gasteiger partial charge is 0.462 e. The van der Waals surface area contributed by atoms with E-state index in [0.717, 1.165) is 11.5 Å². The Hall–Kier alpha value is -3.15. The molecule has 3 rings (SSSR count). The maximum Gasteiger partial charge on any atom is 0.249 e. The van der Waals surface area contributed by atoms with E-state index in [9.17, 15) is 4.79 Å². The van der Waals surface area contributed by atoms with Gasteiger partial charge in [-0.15, -0.1) is 0 Å². The number of furan rings is 1. The molecule has 0 aliphatic carbocycles. The molecule has 0 unspecified atom stereocenters. The molecule has 0 radical (unpaired) electrons. The Kier molecular flexibility index (Phi) is 4.75. The molecule has 1 N–H and O–H groups in total. The van der Waals surface area contributed by atoms with Crippen molar-refractivity contribution in [3.8, 4) is 5.82 Å². The van der Waals surface area contributed by atoms with Gasteiger partial charge in [-0.25, -0.2) is 4.98 Å². The van der Waals surface area contributed by atoms with E-state index in [1.165, 1.54) is 6.08 Å². The molecule has 0 fully saturated rings. The van der Waals surface area contributed by atoms with Crippen LogP contribution in [-0.4, -0.2) is 20.7 Å². The van der Waals surface area contributed by atoms with Crippen LogP contribution < -0.4 is 5.32 Å². The number of nitrogens with one attached hydrogen (secondary N) is 1. The standard InChI is InChI=1S/C20H22N4O2/c1-14-8-9-15(26-14)10-11-19(25)22-18-13-16(20(2,3)4)23-24(18)17-7-5-6-12-21-17/h5-13H,1-4H3,(H,22,25)/b11-10+. The summed E-state index contributed by atoms with van der Waals surface area (Å²) in [5.74, 6) is 2.37. The highest BCUT2D eigenvalue weighted by molar-refractivity contribution is 6.01. The number of amides is 1. The average molecular weight is 350 g/mol. The molecule has 1 amide bonds. The van der Waals surface area contributed by atoms with E-state index >= 15 is 0 Å². The number of rotatable bonds is 4.